The van der Waals surface area contributed by atoms with Gasteiger partial charge in [0.1, 0.15) is 6.04 Å². The minimum Gasteiger partial charge on any atom is -0.468 e. The van der Waals surface area contributed by atoms with Gasteiger partial charge in [-0.3, -0.25) is 9.48 Å². The van der Waals surface area contributed by atoms with Crippen LogP contribution in [0.3, 0.4) is 0 Å². The van der Waals surface area contributed by atoms with Crippen LogP contribution >= 0.6 is 0 Å². The zero-order chi connectivity index (χ0) is 13.0. The average Bonchev–Trinajstić information content (AvgIpc) is 2.66. The van der Waals surface area contributed by atoms with Crippen molar-refractivity contribution < 1.29 is 9.53 Å². The lowest BCUT2D eigenvalue weighted by Gasteiger charge is -2.11. The molecule has 0 spiro atoms. The predicted octanol–water partition coefficient (Wildman–Crippen LogP) is 1.19. The molecule has 1 unspecified atom stereocenters. The number of methoxy groups -OCH3 is 1. The maximum Gasteiger partial charge on any atom is 0.322 e. The Kier molecular flexibility index (Phi) is 4.69. The Morgan fingerprint density at radius 1 is 1.53 bits per heavy atom. The van der Waals surface area contributed by atoms with Crippen LogP contribution in [0.1, 0.15) is 37.9 Å². The van der Waals surface area contributed by atoms with Crippen LogP contribution < -0.4 is 5.32 Å². The van der Waals surface area contributed by atoms with E-state index in [2.05, 4.69) is 29.0 Å². The van der Waals surface area contributed by atoms with Gasteiger partial charge in [-0.05, 0) is 12.8 Å². The quantitative estimate of drug-likeness (QED) is 0.784. The summed E-state index contributed by atoms with van der Waals surface area (Å²) in [5, 5.41) is 7.54. The number of carbonyl (C=O) groups is 1. The molecular formula is C12H21N3O2. The second-order valence-electron chi connectivity index (χ2n) is 4.49. The molecule has 0 saturated heterocycles. The van der Waals surface area contributed by atoms with E-state index >= 15 is 0 Å². The molecule has 0 aliphatic carbocycles. The second-order valence-corrected chi connectivity index (χ2v) is 4.49. The van der Waals surface area contributed by atoms with Gasteiger partial charge in [-0.15, -0.1) is 0 Å². The van der Waals surface area contributed by atoms with Crippen LogP contribution in [0.25, 0.3) is 0 Å². The molecule has 0 aliphatic rings. The van der Waals surface area contributed by atoms with E-state index in [1.807, 2.05) is 13.2 Å². The minimum absolute atomic E-state index is 0.250. The molecule has 0 aliphatic heterocycles. The van der Waals surface area contributed by atoms with E-state index in [9.17, 15) is 4.79 Å². The van der Waals surface area contributed by atoms with Gasteiger partial charge in [-0.25, -0.2) is 0 Å². The van der Waals surface area contributed by atoms with Gasteiger partial charge >= 0.3 is 5.97 Å². The maximum atomic E-state index is 11.3. The smallest absolute Gasteiger partial charge is 0.322 e. The van der Waals surface area contributed by atoms with Crippen molar-refractivity contribution in [3.05, 3.63) is 17.5 Å². The molecular weight excluding hydrogens is 218 g/mol. The fourth-order valence-corrected chi connectivity index (χ4v) is 1.70. The zero-order valence-corrected chi connectivity index (χ0v) is 11.2. The third kappa shape index (κ3) is 3.56. The number of hydrogen-bond donors (Lipinski definition) is 1. The molecule has 96 valence electrons. The maximum absolute atomic E-state index is 11.3. The lowest BCUT2D eigenvalue weighted by Crippen LogP contribution is -2.34. The summed E-state index contributed by atoms with van der Waals surface area (Å²) < 4.78 is 6.46. The van der Waals surface area contributed by atoms with Crippen molar-refractivity contribution in [3.8, 4) is 0 Å². The Balaban J connectivity index is 2.66. The van der Waals surface area contributed by atoms with Crippen LogP contribution in [0.2, 0.25) is 0 Å². The summed E-state index contributed by atoms with van der Waals surface area (Å²) in [6, 6.07) is -0.305. The molecule has 0 bridgehead atoms. The van der Waals surface area contributed by atoms with E-state index < -0.39 is 0 Å². The number of rotatable bonds is 5. The summed E-state index contributed by atoms with van der Waals surface area (Å²) in [7, 11) is 3.29. The van der Waals surface area contributed by atoms with Gasteiger partial charge in [-0.2, -0.15) is 5.10 Å². The molecule has 1 aromatic heterocycles. The highest BCUT2D eigenvalue weighted by Crippen LogP contribution is 2.17. The van der Waals surface area contributed by atoms with E-state index in [1.165, 1.54) is 7.11 Å². The molecule has 1 atom stereocenters. The van der Waals surface area contributed by atoms with Crippen molar-refractivity contribution in [2.24, 2.45) is 7.05 Å². The van der Waals surface area contributed by atoms with Gasteiger partial charge in [0.25, 0.3) is 0 Å². The normalized spacial score (nSPS) is 12.8. The number of aromatic nitrogens is 2. The molecule has 17 heavy (non-hydrogen) atoms. The Bertz CT molecular complexity index is 385. The van der Waals surface area contributed by atoms with Gasteiger partial charge in [-0.1, -0.05) is 13.8 Å². The standard InChI is InChI=1S/C12H21N3O2/c1-8(2)11-10(7-15(4)14-11)6-13-9(3)12(16)17-5/h7-9,13H,6H2,1-5H3. The van der Waals surface area contributed by atoms with E-state index in [-0.39, 0.29) is 12.0 Å². The van der Waals surface area contributed by atoms with Gasteiger partial charge in [0, 0.05) is 25.4 Å². The molecule has 0 fully saturated rings. The Morgan fingerprint density at radius 3 is 2.71 bits per heavy atom. The van der Waals surface area contributed by atoms with Crippen molar-refractivity contribution >= 4 is 5.97 Å². The Morgan fingerprint density at radius 2 is 2.18 bits per heavy atom. The number of esters is 1. The zero-order valence-electron chi connectivity index (χ0n) is 11.2. The number of carbonyl (C=O) groups excluding carboxylic acids is 1. The molecule has 0 saturated carbocycles. The fourth-order valence-electron chi connectivity index (χ4n) is 1.70. The number of aryl methyl sites for hydroxylation is 1. The molecule has 1 rings (SSSR count). The number of hydrogen-bond acceptors (Lipinski definition) is 4. The summed E-state index contributed by atoms with van der Waals surface area (Å²) in [4.78, 5) is 11.3. The second kappa shape index (κ2) is 5.82. The first-order chi connectivity index (χ1) is 7.95. The van der Waals surface area contributed by atoms with Crippen LogP contribution in [0, 0.1) is 0 Å². The Hall–Kier alpha value is -1.36. The van der Waals surface area contributed by atoms with Gasteiger partial charge in [0.15, 0.2) is 0 Å². The van der Waals surface area contributed by atoms with Crippen molar-refractivity contribution in [2.45, 2.75) is 39.3 Å². The summed E-state index contributed by atoms with van der Waals surface area (Å²) in [6.45, 7) is 6.63. The lowest BCUT2D eigenvalue weighted by atomic mass is 10.1. The van der Waals surface area contributed by atoms with Gasteiger partial charge in [0.2, 0.25) is 0 Å². The average molecular weight is 239 g/mol. The molecule has 0 amide bonds. The van der Waals surface area contributed by atoms with E-state index in [4.69, 9.17) is 0 Å². The topological polar surface area (TPSA) is 56.1 Å². The molecule has 1 heterocycles. The Labute approximate surface area is 102 Å². The first-order valence-electron chi connectivity index (χ1n) is 5.79. The fraction of sp³-hybridized carbons (Fsp3) is 0.667. The third-order valence-electron chi connectivity index (χ3n) is 2.64. The number of ether oxygens (including phenoxy) is 1. The van der Waals surface area contributed by atoms with Crippen molar-refractivity contribution in [3.63, 3.8) is 0 Å². The summed E-state index contributed by atoms with van der Waals surface area (Å²) >= 11 is 0. The van der Waals surface area contributed by atoms with Crippen LogP contribution in [0.4, 0.5) is 0 Å². The summed E-state index contributed by atoms with van der Waals surface area (Å²) in [6.07, 6.45) is 1.98. The minimum atomic E-state index is -0.305. The van der Waals surface area contributed by atoms with Crippen molar-refractivity contribution in [2.75, 3.05) is 7.11 Å². The molecule has 0 radical (unpaired) electrons. The SMILES string of the molecule is COC(=O)C(C)NCc1cn(C)nc1C(C)C. The van der Waals surface area contributed by atoms with Gasteiger partial charge < -0.3 is 10.1 Å². The largest absolute Gasteiger partial charge is 0.468 e. The summed E-state index contributed by atoms with van der Waals surface area (Å²) in [5.74, 6) is 0.126. The lowest BCUT2D eigenvalue weighted by molar-refractivity contribution is -0.142. The first kappa shape index (κ1) is 13.7. The van der Waals surface area contributed by atoms with Gasteiger partial charge in [0.05, 0.1) is 12.8 Å². The van der Waals surface area contributed by atoms with E-state index in [0.29, 0.717) is 12.5 Å². The van der Waals surface area contributed by atoms with Crippen LogP contribution in [-0.4, -0.2) is 28.9 Å². The molecule has 0 aromatic carbocycles. The molecule has 5 heteroatoms. The van der Waals surface area contributed by atoms with E-state index in [0.717, 1.165) is 11.3 Å². The summed E-state index contributed by atoms with van der Waals surface area (Å²) in [5.41, 5.74) is 2.19. The highest BCUT2D eigenvalue weighted by Gasteiger charge is 2.15. The van der Waals surface area contributed by atoms with Crippen LogP contribution in [-0.2, 0) is 23.1 Å². The highest BCUT2D eigenvalue weighted by atomic mass is 16.5. The molecule has 1 aromatic rings. The predicted molar refractivity (Wildman–Crippen MR) is 65.6 cm³/mol. The van der Waals surface area contributed by atoms with Crippen molar-refractivity contribution in [1.29, 1.82) is 0 Å². The molecule has 1 N–H and O–H groups in total. The molecule has 5 nitrogen and oxygen atoms in total. The van der Waals surface area contributed by atoms with Crippen LogP contribution in [0.15, 0.2) is 6.20 Å². The van der Waals surface area contributed by atoms with Crippen molar-refractivity contribution in [1.82, 2.24) is 15.1 Å². The van der Waals surface area contributed by atoms with Crippen LogP contribution in [0.5, 0.6) is 0 Å². The number of nitrogens with one attached hydrogen (secondary N) is 1. The number of nitrogens with zero attached hydrogens (tertiary/aromatic N) is 2. The first-order valence-corrected chi connectivity index (χ1v) is 5.79. The third-order valence-corrected chi connectivity index (χ3v) is 2.64. The monoisotopic (exact) mass is 239 g/mol. The highest BCUT2D eigenvalue weighted by molar-refractivity contribution is 5.75. The van der Waals surface area contributed by atoms with E-state index in [1.54, 1.807) is 11.6 Å².